The number of imidazole rings is 1. The Kier molecular flexibility index (Phi) is 9.35. The molecular weight excluding hydrogens is 550 g/mol. The number of nitrogens with one attached hydrogen (secondary N) is 1. The molecule has 0 aliphatic carbocycles. The second kappa shape index (κ2) is 13.3. The molecule has 0 saturated carbocycles. The van der Waals surface area contributed by atoms with E-state index in [-0.39, 0.29) is 12.3 Å². The van der Waals surface area contributed by atoms with Gasteiger partial charge in [-0.05, 0) is 53.6 Å². The summed E-state index contributed by atoms with van der Waals surface area (Å²) in [5.74, 6) is 0.105. The number of hydrogen-bond acceptors (Lipinski definition) is 3. The van der Waals surface area contributed by atoms with E-state index in [4.69, 9.17) is 16.6 Å². The second-order valence-electron chi connectivity index (χ2n) is 10.2. The maximum absolute atomic E-state index is 12.5. The smallest absolute Gasteiger partial charge is 0.211 e. The fourth-order valence-corrected chi connectivity index (χ4v) is 6.55. The third-order valence-corrected chi connectivity index (χ3v) is 9.02. The van der Waals surface area contributed by atoms with Crippen LogP contribution in [0.1, 0.15) is 47.2 Å². The average molecular weight is 584 g/mol. The first-order valence-electron chi connectivity index (χ1n) is 13.9. The highest BCUT2D eigenvalue weighted by molar-refractivity contribution is 7.89. The third-order valence-electron chi connectivity index (χ3n) is 7.35. The summed E-state index contributed by atoms with van der Waals surface area (Å²) in [4.78, 5) is 4.80. The van der Waals surface area contributed by atoms with E-state index in [0.29, 0.717) is 11.4 Å². The van der Waals surface area contributed by atoms with Crippen LogP contribution < -0.4 is 4.72 Å². The molecule has 5 rings (SSSR count). The summed E-state index contributed by atoms with van der Waals surface area (Å²) in [6.45, 7) is 0.267. The molecular formula is C34H34ClN3O2S. The van der Waals surface area contributed by atoms with Gasteiger partial charge in [0, 0.05) is 17.8 Å². The molecule has 0 bridgehead atoms. The van der Waals surface area contributed by atoms with Crippen molar-refractivity contribution in [3.05, 3.63) is 161 Å². The van der Waals surface area contributed by atoms with Gasteiger partial charge in [0.15, 0.2) is 0 Å². The lowest BCUT2D eigenvalue weighted by Crippen LogP contribution is -2.36. The van der Waals surface area contributed by atoms with Crippen molar-refractivity contribution in [1.29, 1.82) is 0 Å². The van der Waals surface area contributed by atoms with Gasteiger partial charge in [0.2, 0.25) is 10.0 Å². The SMILES string of the molecule is O=S(=O)(CCCCCc1cn(C(c2ccccc2)(c2ccccc2)c2ccccc2)cn1)NCc1ccc(Cl)cc1. The Morgan fingerprint density at radius 1 is 0.707 bits per heavy atom. The van der Waals surface area contributed by atoms with Gasteiger partial charge in [-0.25, -0.2) is 18.1 Å². The summed E-state index contributed by atoms with van der Waals surface area (Å²) in [6, 6.07) is 38.7. The van der Waals surface area contributed by atoms with Crippen molar-refractivity contribution in [2.24, 2.45) is 0 Å². The van der Waals surface area contributed by atoms with Gasteiger partial charge in [0.1, 0.15) is 5.54 Å². The number of hydrogen-bond donors (Lipinski definition) is 1. The normalized spacial score (nSPS) is 11.9. The Bertz CT molecular complexity index is 1530. The van der Waals surface area contributed by atoms with Crippen molar-refractivity contribution in [3.63, 3.8) is 0 Å². The molecule has 41 heavy (non-hydrogen) atoms. The first kappa shape index (κ1) is 28.8. The Morgan fingerprint density at radius 3 is 1.78 bits per heavy atom. The molecule has 0 atom stereocenters. The zero-order valence-corrected chi connectivity index (χ0v) is 24.4. The van der Waals surface area contributed by atoms with Crippen LogP contribution in [0.5, 0.6) is 0 Å². The van der Waals surface area contributed by atoms with Crippen LogP contribution in [-0.4, -0.2) is 23.7 Å². The highest BCUT2D eigenvalue weighted by atomic mass is 35.5. The lowest BCUT2D eigenvalue weighted by atomic mass is 9.77. The van der Waals surface area contributed by atoms with Crippen LogP contribution in [0.3, 0.4) is 0 Å². The Morgan fingerprint density at radius 2 is 1.24 bits per heavy atom. The van der Waals surface area contributed by atoms with Crippen LogP contribution >= 0.6 is 11.6 Å². The van der Waals surface area contributed by atoms with E-state index in [1.54, 1.807) is 12.1 Å². The summed E-state index contributed by atoms with van der Waals surface area (Å²) < 4.78 is 29.8. The lowest BCUT2D eigenvalue weighted by molar-refractivity contribution is 0.514. The van der Waals surface area contributed by atoms with Gasteiger partial charge >= 0.3 is 0 Å². The zero-order chi connectivity index (χ0) is 28.5. The van der Waals surface area contributed by atoms with E-state index in [9.17, 15) is 8.42 Å². The van der Waals surface area contributed by atoms with Gasteiger partial charge in [-0.2, -0.15) is 0 Å². The van der Waals surface area contributed by atoms with Gasteiger partial charge in [0.25, 0.3) is 0 Å². The van der Waals surface area contributed by atoms with Gasteiger partial charge in [-0.15, -0.1) is 0 Å². The molecule has 1 N–H and O–H groups in total. The van der Waals surface area contributed by atoms with Crippen LogP contribution in [0.25, 0.3) is 0 Å². The zero-order valence-electron chi connectivity index (χ0n) is 22.9. The molecule has 0 fully saturated rings. The molecule has 0 saturated heterocycles. The van der Waals surface area contributed by atoms with Crippen LogP contribution in [0, 0.1) is 0 Å². The van der Waals surface area contributed by atoms with Crippen molar-refractivity contribution in [2.45, 2.75) is 37.8 Å². The number of rotatable bonds is 13. The lowest BCUT2D eigenvalue weighted by Gasteiger charge is -2.37. The molecule has 0 aliphatic rings. The third kappa shape index (κ3) is 6.96. The van der Waals surface area contributed by atoms with Crippen LogP contribution in [0.15, 0.2) is 128 Å². The van der Waals surface area contributed by atoms with Crippen LogP contribution in [0.2, 0.25) is 5.02 Å². The Labute approximate surface area is 247 Å². The van der Waals surface area contributed by atoms with E-state index in [1.165, 1.54) is 0 Å². The number of halogens is 1. The van der Waals surface area contributed by atoms with Gasteiger partial charge in [-0.1, -0.05) is 121 Å². The number of benzene rings is 4. The highest BCUT2D eigenvalue weighted by Crippen LogP contribution is 2.40. The molecule has 5 nitrogen and oxygen atoms in total. The summed E-state index contributed by atoms with van der Waals surface area (Å²) in [7, 11) is -3.34. The number of nitrogens with zero attached hydrogens (tertiary/aromatic N) is 2. The van der Waals surface area contributed by atoms with Crippen molar-refractivity contribution in [1.82, 2.24) is 14.3 Å². The first-order valence-corrected chi connectivity index (χ1v) is 15.9. The quantitative estimate of drug-likeness (QED) is 0.118. The molecule has 0 amide bonds. The van der Waals surface area contributed by atoms with Crippen molar-refractivity contribution >= 4 is 21.6 Å². The first-order chi connectivity index (χ1) is 20.0. The molecule has 0 radical (unpaired) electrons. The fourth-order valence-electron chi connectivity index (χ4n) is 5.30. The standard InChI is InChI=1S/C34H34ClN3O2S/c35-32-22-20-28(21-23-32)25-37-41(39,40)24-12-4-11-19-33-26-38(27-36-33)34(29-13-5-1-6-14-29,30-15-7-2-8-16-30)31-17-9-3-10-18-31/h1-3,5-10,13-18,20-23,26-27,37H,4,11-12,19,24-25H2. The number of sulfonamides is 1. The average Bonchev–Trinajstić information content (AvgIpc) is 3.48. The Hall–Kier alpha value is -3.71. The van der Waals surface area contributed by atoms with Gasteiger partial charge in [-0.3, -0.25) is 0 Å². The molecule has 1 heterocycles. The molecule has 4 aromatic carbocycles. The molecule has 1 aromatic heterocycles. The molecule has 0 aliphatic heterocycles. The van der Waals surface area contributed by atoms with E-state index in [0.717, 1.165) is 47.2 Å². The largest absolute Gasteiger partial charge is 0.319 e. The topological polar surface area (TPSA) is 64.0 Å². The predicted molar refractivity (Wildman–Crippen MR) is 166 cm³/mol. The fraction of sp³-hybridized carbons (Fsp3) is 0.206. The predicted octanol–water partition coefficient (Wildman–Crippen LogP) is 7.21. The van der Waals surface area contributed by atoms with E-state index >= 15 is 0 Å². The summed E-state index contributed by atoms with van der Waals surface area (Å²) >= 11 is 5.91. The molecule has 0 spiro atoms. The van der Waals surface area contributed by atoms with Crippen LogP contribution in [0.4, 0.5) is 0 Å². The summed E-state index contributed by atoms with van der Waals surface area (Å²) in [5.41, 5.74) is 4.73. The second-order valence-corrected chi connectivity index (χ2v) is 12.5. The van der Waals surface area contributed by atoms with E-state index < -0.39 is 15.6 Å². The van der Waals surface area contributed by atoms with Crippen molar-refractivity contribution in [2.75, 3.05) is 5.75 Å². The molecule has 0 unspecified atom stereocenters. The molecule has 5 aromatic rings. The maximum atomic E-state index is 12.5. The van der Waals surface area contributed by atoms with Crippen molar-refractivity contribution < 1.29 is 8.42 Å². The molecule has 7 heteroatoms. The summed E-state index contributed by atoms with van der Waals surface area (Å²) in [5, 5.41) is 0.632. The minimum absolute atomic E-state index is 0.105. The van der Waals surface area contributed by atoms with E-state index in [1.807, 2.05) is 36.7 Å². The van der Waals surface area contributed by atoms with Gasteiger partial charge in [0.05, 0.1) is 17.8 Å². The Balaban J connectivity index is 1.27. The molecule has 210 valence electrons. The van der Waals surface area contributed by atoms with Gasteiger partial charge < -0.3 is 4.57 Å². The number of aromatic nitrogens is 2. The maximum Gasteiger partial charge on any atom is 0.211 e. The van der Waals surface area contributed by atoms with Crippen molar-refractivity contribution in [3.8, 4) is 0 Å². The minimum Gasteiger partial charge on any atom is -0.319 e. The summed E-state index contributed by atoms with van der Waals surface area (Å²) in [6.07, 6.45) is 7.10. The highest BCUT2D eigenvalue weighted by Gasteiger charge is 2.38. The number of unbranched alkanes of at least 4 members (excludes halogenated alkanes) is 2. The van der Waals surface area contributed by atoms with E-state index in [2.05, 4.69) is 88.3 Å². The minimum atomic E-state index is -3.34. The number of aryl methyl sites for hydroxylation is 1. The van der Waals surface area contributed by atoms with Crippen LogP contribution in [-0.2, 0) is 28.5 Å². The monoisotopic (exact) mass is 583 g/mol.